The molecule has 0 aromatic carbocycles. The van der Waals surface area contributed by atoms with Gasteiger partial charge in [-0.25, -0.2) is 0 Å². The van der Waals surface area contributed by atoms with Crippen LogP contribution in [0.25, 0.3) is 0 Å². The van der Waals surface area contributed by atoms with Crippen LogP contribution in [0.5, 0.6) is 0 Å². The standard InChI is InChI=1S/C22H32N2O3S/c1-2-17-13-18-19(28-17)3-10-27-22(18)6-8-24(9-7-22)14-15-11-16(12-15)23-20(25)21(26)4-5-21/h13,15-16,26H,2-12,14H2,1H3,(H,23,25). The SMILES string of the molecule is CCc1cc2c(s1)CCOC21CCN(CC2CC(NC(=O)C3(O)CC3)C2)CC1. The predicted octanol–water partition coefficient (Wildman–Crippen LogP) is 2.59. The molecule has 0 bridgehead atoms. The van der Waals surface area contributed by atoms with Crippen LogP contribution in [0.2, 0.25) is 0 Å². The van der Waals surface area contributed by atoms with Gasteiger partial charge >= 0.3 is 0 Å². The van der Waals surface area contributed by atoms with Crippen LogP contribution in [0, 0.1) is 5.92 Å². The number of ether oxygens (including phenoxy) is 1. The summed E-state index contributed by atoms with van der Waals surface area (Å²) in [4.78, 5) is 17.6. The van der Waals surface area contributed by atoms with Crippen molar-refractivity contribution < 1.29 is 14.6 Å². The van der Waals surface area contributed by atoms with Gasteiger partial charge < -0.3 is 20.1 Å². The van der Waals surface area contributed by atoms with Crippen molar-refractivity contribution in [2.24, 2.45) is 5.92 Å². The summed E-state index contributed by atoms with van der Waals surface area (Å²) in [7, 11) is 0. The second-order valence-electron chi connectivity index (χ2n) is 9.34. The van der Waals surface area contributed by atoms with Crippen molar-refractivity contribution in [3.63, 3.8) is 0 Å². The lowest BCUT2D eigenvalue weighted by Crippen LogP contribution is -2.52. The Morgan fingerprint density at radius 1 is 1.32 bits per heavy atom. The molecule has 5 rings (SSSR count). The highest BCUT2D eigenvalue weighted by Crippen LogP contribution is 2.45. The topological polar surface area (TPSA) is 61.8 Å². The molecule has 1 spiro atoms. The number of thiophene rings is 1. The molecule has 4 aliphatic rings. The van der Waals surface area contributed by atoms with Gasteiger partial charge in [0, 0.05) is 41.9 Å². The summed E-state index contributed by atoms with van der Waals surface area (Å²) in [6.07, 6.45) is 7.74. The molecule has 5 nitrogen and oxygen atoms in total. The number of rotatable bonds is 5. The summed E-state index contributed by atoms with van der Waals surface area (Å²) < 4.78 is 6.39. The molecule has 1 amide bonds. The normalized spacial score (nSPS) is 30.5. The van der Waals surface area contributed by atoms with Gasteiger partial charge in [0.15, 0.2) is 0 Å². The van der Waals surface area contributed by atoms with E-state index in [0.717, 1.165) is 64.8 Å². The molecule has 3 heterocycles. The first-order valence-corrected chi connectivity index (χ1v) is 11.8. The maximum Gasteiger partial charge on any atom is 0.252 e. The fourth-order valence-corrected chi connectivity index (χ4v) is 6.37. The minimum Gasteiger partial charge on any atom is -0.380 e. The molecule has 154 valence electrons. The lowest BCUT2D eigenvalue weighted by atomic mass is 9.78. The van der Waals surface area contributed by atoms with Gasteiger partial charge in [0.05, 0.1) is 12.2 Å². The number of likely N-dealkylation sites (tertiary alicyclic amines) is 1. The zero-order valence-electron chi connectivity index (χ0n) is 16.8. The molecule has 0 unspecified atom stereocenters. The van der Waals surface area contributed by atoms with Crippen LogP contribution >= 0.6 is 11.3 Å². The lowest BCUT2D eigenvalue weighted by Gasteiger charge is -2.46. The summed E-state index contributed by atoms with van der Waals surface area (Å²) in [5.74, 6) is 0.521. The Bertz CT molecular complexity index is 743. The largest absolute Gasteiger partial charge is 0.380 e. The van der Waals surface area contributed by atoms with E-state index < -0.39 is 5.60 Å². The molecule has 3 fully saturated rings. The fourth-order valence-electron chi connectivity index (χ4n) is 5.19. The van der Waals surface area contributed by atoms with Gasteiger partial charge in [0.25, 0.3) is 5.91 Å². The third kappa shape index (κ3) is 3.42. The van der Waals surface area contributed by atoms with E-state index in [2.05, 4.69) is 23.2 Å². The van der Waals surface area contributed by atoms with Crippen molar-refractivity contribution in [2.45, 2.75) is 75.5 Å². The third-order valence-corrected chi connectivity index (χ3v) is 8.64. The van der Waals surface area contributed by atoms with Crippen LogP contribution in [0.4, 0.5) is 0 Å². The zero-order valence-corrected chi connectivity index (χ0v) is 17.7. The first-order chi connectivity index (χ1) is 13.5. The Morgan fingerprint density at radius 3 is 2.75 bits per heavy atom. The van der Waals surface area contributed by atoms with E-state index in [1.165, 1.54) is 10.4 Å². The maximum atomic E-state index is 11.9. The van der Waals surface area contributed by atoms with E-state index in [4.69, 9.17) is 4.74 Å². The van der Waals surface area contributed by atoms with Gasteiger partial charge in [-0.1, -0.05) is 6.92 Å². The van der Waals surface area contributed by atoms with E-state index in [9.17, 15) is 9.90 Å². The molecule has 0 radical (unpaired) electrons. The molecule has 2 aliphatic heterocycles. The van der Waals surface area contributed by atoms with Crippen LogP contribution in [-0.4, -0.2) is 53.8 Å². The summed E-state index contributed by atoms with van der Waals surface area (Å²) in [6.45, 7) is 6.44. The third-order valence-electron chi connectivity index (χ3n) is 7.30. The van der Waals surface area contributed by atoms with Gasteiger partial charge in [-0.2, -0.15) is 0 Å². The van der Waals surface area contributed by atoms with Gasteiger partial charge in [0.1, 0.15) is 5.60 Å². The van der Waals surface area contributed by atoms with E-state index in [1.807, 2.05) is 11.3 Å². The van der Waals surface area contributed by atoms with Crippen LogP contribution in [0.3, 0.4) is 0 Å². The van der Waals surface area contributed by atoms with Gasteiger partial charge in [-0.3, -0.25) is 4.79 Å². The minimum atomic E-state index is -1.04. The highest BCUT2D eigenvalue weighted by Gasteiger charge is 2.49. The molecule has 1 saturated heterocycles. The number of amides is 1. The highest BCUT2D eigenvalue weighted by atomic mass is 32.1. The average Bonchev–Trinajstić information content (AvgIpc) is 3.27. The van der Waals surface area contributed by atoms with Crippen molar-refractivity contribution in [2.75, 3.05) is 26.2 Å². The van der Waals surface area contributed by atoms with Crippen LogP contribution in [0.15, 0.2) is 6.07 Å². The highest BCUT2D eigenvalue weighted by molar-refractivity contribution is 7.12. The molecule has 1 aromatic rings. The van der Waals surface area contributed by atoms with Crippen LogP contribution in [-0.2, 0) is 28.0 Å². The second kappa shape index (κ2) is 7.08. The van der Waals surface area contributed by atoms with E-state index in [-0.39, 0.29) is 17.6 Å². The number of carbonyl (C=O) groups excluding carboxylic acids is 1. The Hall–Kier alpha value is -0.950. The number of nitrogens with one attached hydrogen (secondary N) is 1. The van der Waals surface area contributed by atoms with Crippen molar-refractivity contribution in [3.05, 3.63) is 21.4 Å². The molecule has 2 aliphatic carbocycles. The molecular formula is C22H32N2O3S. The van der Waals surface area contributed by atoms with Gasteiger partial charge in [-0.05, 0) is 62.5 Å². The number of piperidine rings is 1. The predicted molar refractivity (Wildman–Crippen MR) is 110 cm³/mol. The zero-order chi connectivity index (χ0) is 19.4. The molecule has 28 heavy (non-hydrogen) atoms. The Kier molecular flexibility index (Phi) is 4.81. The Morgan fingerprint density at radius 2 is 2.07 bits per heavy atom. The Balaban J connectivity index is 1.11. The minimum absolute atomic E-state index is 0.0379. The lowest BCUT2D eigenvalue weighted by molar-refractivity contribution is -0.133. The molecule has 6 heteroatoms. The molecule has 2 saturated carbocycles. The number of hydrogen-bond acceptors (Lipinski definition) is 5. The van der Waals surface area contributed by atoms with Gasteiger partial charge in [0.2, 0.25) is 0 Å². The summed E-state index contributed by atoms with van der Waals surface area (Å²) in [5.41, 5.74) is 0.415. The van der Waals surface area contributed by atoms with Crippen molar-refractivity contribution >= 4 is 17.2 Å². The van der Waals surface area contributed by atoms with Crippen LogP contribution < -0.4 is 5.32 Å². The van der Waals surface area contributed by atoms with Crippen molar-refractivity contribution in [1.82, 2.24) is 10.2 Å². The maximum absolute atomic E-state index is 11.9. The fraction of sp³-hybridized carbons (Fsp3) is 0.773. The molecule has 1 aromatic heterocycles. The number of nitrogens with zero attached hydrogens (tertiary/aromatic N) is 1. The van der Waals surface area contributed by atoms with E-state index >= 15 is 0 Å². The van der Waals surface area contributed by atoms with E-state index in [1.54, 1.807) is 4.88 Å². The van der Waals surface area contributed by atoms with Gasteiger partial charge in [-0.15, -0.1) is 11.3 Å². The molecule has 2 N–H and O–H groups in total. The summed E-state index contributed by atoms with van der Waals surface area (Å²) in [5, 5.41) is 12.9. The molecule has 0 atom stereocenters. The average molecular weight is 405 g/mol. The van der Waals surface area contributed by atoms with E-state index in [0.29, 0.717) is 18.8 Å². The quantitative estimate of drug-likeness (QED) is 0.792. The number of aliphatic hydroxyl groups is 1. The molecular weight excluding hydrogens is 372 g/mol. The second-order valence-corrected chi connectivity index (χ2v) is 10.6. The van der Waals surface area contributed by atoms with Crippen molar-refractivity contribution in [1.29, 1.82) is 0 Å². The first-order valence-electron chi connectivity index (χ1n) is 11.0. The smallest absolute Gasteiger partial charge is 0.252 e. The Labute approximate surface area is 171 Å². The monoisotopic (exact) mass is 404 g/mol. The number of hydrogen-bond donors (Lipinski definition) is 2. The van der Waals surface area contributed by atoms with Crippen LogP contribution in [0.1, 0.15) is 60.8 Å². The number of aryl methyl sites for hydroxylation is 1. The van der Waals surface area contributed by atoms with Crippen molar-refractivity contribution in [3.8, 4) is 0 Å². The summed E-state index contributed by atoms with van der Waals surface area (Å²) >= 11 is 1.99. The summed E-state index contributed by atoms with van der Waals surface area (Å²) in [6, 6.07) is 2.68. The number of fused-ring (bicyclic) bond motifs is 2. The number of carbonyl (C=O) groups is 1. The first kappa shape index (κ1) is 19.0.